The average molecular weight is 373 g/mol. The summed E-state index contributed by atoms with van der Waals surface area (Å²) in [7, 11) is -7.49. The van der Waals surface area contributed by atoms with Crippen molar-refractivity contribution in [3.05, 3.63) is 23.8 Å². The number of carboxylic acids is 1. The monoisotopic (exact) mass is 373 g/mol. The van der Waals surface area contributed by atoms with E-state index in [1.54, 1.807) is 6.92 Å². The van der Waals surface area contributed by atoms with E-state index in [2.05, 4.69) is 0 Å². The van der Waals surface area contributed by atoms with Gasteiger partial charge in [-0.3, -0.25) is 4.79 Å². The van der Waals surface area contributed by atoms with Crippen molar-refractivity contribution in [3.8, 4) is 0 Å². The molecular formula is C15H19NO6S2. The smallest absolute Gasteiger partial charge is 0.308 e. The molecule has 2 saturated heterocycles. The molecule has 0 radical (unpaired) electrons. The van der Waals surface area contributed by atoms with E-state index in [0.29, 0.717) is 24.8 Å². The van der Waals surface area contributed by atoms with E-state index in [4.69, 9.17) is 0 Å². The number of carboxylic acid groups (broad SMARTS) is 1. The minimum absolute atomic E-state index is 0.0617. The van der Waals surface area contributed by atoms with Gasteiger partial charge in [-0.15, -0.1) is 0 Å². The van der Waals surface area contributed by atoms with Crippen LogP contribution in [0, 0.1) is 12.8 Å². The predicted octanol–water partition coefficient (Wildman–Crippen LogP) is 1.02. The van der Waals surface area contributed by atoms with Crippen molar-refractivity contribution >= 4 is 25.8 Å². The molecule has 7 nitrogen and oxygen atoms in total. The molecule has 2 heterocycles. The summed E-state index contributed by atoms with van der Waals surface area (Å²) < 4.78 is 51.0. The van der Waals surface area contributed by atoms with Crippen molar-refractivity contribution in [1.29, 1.82) is 0 Å². The molecule has 2 fully saturated rings. The topological polar surface area (TPSA) is 109 Å². The second-order valence-corrected chi connectivity index (χ2v) is 10.3. The number of sulfone groups is 1. The number of carbonyl (C=O) groups is 1. The molecule has 1 aromatic carbocycles. The predicted molar refractivity (Wildman–Crippen MR) is 85.9 cm³/mol. The first-order valence-electron chi connectivity index (χ1n) is 7.60. The molecule has 9 heteroatoms. The average Bonchev–Trinajstić information content (AvgIpc) is 3.04. The summed E-state index contributed by atoms with van der Waals surface area (Å²) in [5.41, 5.74) is 0.445. The molecule has 2 aliphatic rings. The van der Waals surface area contributed by atoms with Crippen LogP contribution in [0.2, 0.25) is 0 Å². The molecule has 3 rings (SSSR count). The van der Waals surface area contributed by atoms with E-state index in [1.807, 2.05) is 0 Å². The van der Waals surface area contributed by atoms with Gasteiger partial charge in [0.1, 0.15) is 0 Å². The number of benzene rings is 1. The Morgan fingerprint density at radius 1 is 1.21 bits per heavy atom. The fourth-order valence-corrected chi connectivity index (χ4v) is 6.67. The molecule has 132 valence electrons. The van der Waals surface area contributed by atoms with Crippen molar-refractivity contribution in [2.45, 2.75) is 48.1 Å². The van der Waals surface area contributed by atoms with Crippen molar-refractivity contribution in [1.82, 2.24) is 4.31 Å². The van der Waals surface area contributed by atoms with Crippen LogP contribution in [0.25, 0.3) is 0 Å². The van der Waals surface area contributed by atoms with E-state index < -0.39 is 37.8 Å². The summed E-state index contributed by atoms with van der Waals surface area (Å²) in [6, 6.07) is 3.13. The first-order valence-corrected chi connectivity index (χ1v) is 10.9. The Bertz CT molecular complexity index is 906. The van der Waals surface area contributed by atoms with Gasteiger partial charge >= 0.3 is 5.97 Å². The van der Waals surface area contributed by atoms with Gasteiger partial charge in [0, 0.05) is 18.3 Å². The molecule has 1 aromatic rings. The normalized spacial score (nSPS) is 27.5. The van der Waals surface area contributed by atoms with Gasteiger partial charge in [0.15, 0.2) is 9.84 Å². The van der Waals surface area contributed by atoms with E-state index >= 15 is 0 Å². The lowest BCUT2D eigenvalue weighted by atomic mass is 9.89. The van der Waals surface area contributed by atoms with Gasteiger partial charge < -0.3 is 5.11 Å². The van der Waals surface area contributed by atoms with Crippen LogP contribution in [0.15, 0.2) is 28.0 Å². The third-order valence-electron chi connectivity index (χ3n) is 4.93. The van der Waals surface area contributed by atoms with Crippen LogP contribution in [0.3, 0.4) is 0 Å². The zero-order valence-corrected chi connectivity index (χ0v) is 15.0. The molecule has 1 N–H and O–H groups in total. The maximum absolute atomic E-state index is 13.1. The zero-order valence-electron chi connectivity index (χ0n) is 13.3. The highest BCUT2D eigenvalue weighted by Gasteiger charge is 2.54. The number of nitrogens with zero attached hydrogens (tertiary/aromatic N) is 1. The largest absolute Gasteiger partial charge is 0.481 e. The number of aliphatic carboxylic acids is 1. The van der Waals surface area contributed by atoms with Crippen LogP contribution >= 0.6 is 0 Å². The minimum atomic E-state index is -3.95. The highest BCUT2D eigenvalue weighted by atomic mass is 32.2. The van der Waals surface area contributed by atoms with Crippen molar-refractivity contribution < 1.29 is 26.7 Å². The summed E-state index contributed by atoms with van der Waals surface area (Å²) in [6.45, 7) is 1.60. The Balaban J connectivity index is 2.08. The fourth-order valence-electron chi connectivity index (χ4n) is 3.78. The van der Waals surface area contributed by atoms with Crippen LogP contribution in [-0.2, 0) is 24.7 Å². The van der Waals surface area contributed by atoms with E-state index in [1.165, 1.54) is 22.5 Å². The lowest BCUT2D eigenvalue weighted by Gasteiger charge is -2.23. The first-order chi connectivity index (χ1) is 11.0. The van der Waals surface area contributed by atoms with Gasteiger partial charge in [0.2, 0.25) is 10.0 Å². The van der Waals surface area contributed by atoms with Crippen LogP contribution in [-0.4, -0.2) is 50.6 Å². The molecule has 24 heavy (non-hydrogen) atoms. The van der Waals surface area contributed by atoms with E-state index in [0.717, 1.165) is 6.26 Å². The van der Waals surface area contributed by atoms with Crippen molar-refractivity contribution in [2.24, 2.45) is 5.92 Å². The number of sulfonamides is 1. The minimum Gasteiger partial charge on any atom is -0.481 e. The molecule has 2 aliphatic heterocycles. The van der Waals surface area contributed by atoms with Crippen LogP contribution < -0.4 is 0 Å². The first kappa shape index (κ1) is 17.4. The molecule has 0 amide bonds. The molecule has 3 atom stereocenters. The standard InChI is InChI=1S/C15H19NO6S2/c1-9-3-5-11(23(2,19)20)8-14(9)24(21,22)16-10-4-6-13(16)12(7-10)15(17)18/h3,5,8,10,12-13H,4,6-7H2,1-2H3,(H,17,18). The van der Waals surface area contributed by atoms with Gasteiger partial charge in [0.05, 0.1) is 15.7 Å². The molecular weight excluding hydrogens is 354 g/mol. The molecule has 3 unspecified atom stereocenters. The Kier molecular flexibility index (Phi) is 4.01. The summed E-state index contributed by atoms with van der Waals surface area (Å²) in [6.07, 6.45) is 2.49. The quantitative estimate of drug-likeness (QED) is 0.844. The van der Waals surface area contributed by atoms with Gasteiger partial charge in [-0.1, -0.05) is 6.07 Å². The van der Waals surface area contributed by atoms with Crippen molar-refractivity contribution in [2.75, 3.05) is 6.26 Å². The molecule has 0 saturated carbocycles. The van der Waals surface area contributed by atoms with Gasteiger partial charge in [-0.05, 0) is 43.9 Å². The Morgan fingerprint density at radius 2 is 1.88 bits per heavy atom. The molecule has 0 aliphatic carbocycles. The second-order valence-electron chi connectivity index (χ2n) is 6.51. The summed E-state index contributed by atoms with van der Waals surface area (Å²) in [4.78, 5) is 11.2. The zero-order chi connectivity index (χ0) is 17.9. The van der Waals surface area contributed by atoms with Crippen LogP contribution in [0.5, 0.6) is 0 Å². The Hall–Kier alpha value is -1.45. The third kappa shape index (κ3) is 2.64. The lowest BCUT2D eigenvalue weighted by Crippen LogP contribution is -2.38. The van der Waals surface area contributed by atoms with Gasteiger partial charge in [-0.2, -0.15) is 4.31 Å². The third-order valence-corrected chi connectivity index (χ3v) is 8.16. The Morgan fingerprint density at radius 3 is 2.42 bits per heavy atom. The van der Waals surface area contributed by atoms with Crippen LogP contribution in [0.1, 0.15) is 24.8 Å². The van der Waals surface area contributed by atoms with E-state index in [-0.39, 0.29) is 15.8 Å². The SMILES string of the molecule is Cc1ccc(S(C)(=O)=O)cc1S(=O)(=O)N1C2CCC1C(C(=O)O)C2. The summed E-state index contributed by atoms with van der Waals surface area (Å²) >= 11 is 0. The maximum Gasteiger partial charge on any atom is 0.308 e. The summed E-state index contributed by atoms with van der Waals surface area (Å²) in [5.74, 6) is -1.68. The fraction of sp³-hybridized carbons (Fsp3) is 0.533. The number of hydrogen-bond acceptors (Lipinski definition) is 5. The molecule has 2 bridgehead atoms. The maximum atomic E-state index is 13.1. The number of rotatable bonds is 4. The van der Waals surface area contributed by atoms with Crippen LogP contribution in [0.4, 0.5) is 0 Å². The second kappa shape index (κ2) is 5.53. The highest BCUT2D eigenvalue weighted by molar-refractivity contribution is 7.91. The van der Waals surface area contributed by atoms with Gasteiger partial charge in [-0.25, -0.2) is 16.8 Å². The van der Waals surface area contributed by atoms with Gasteiger partial charge in [0.25, 0.3) is 0 Å². The summed E-state index contributed by atoms with van der Waals surface area (Å²) in [5, 5.41) is 9.29. The lowest BCUT2D eigenvalue weighted by molar-refractivity contribution is -0.142. The Labute approximate surface area is 141 Å². The molecule has 0 spiro atoms. The van der Waals surface area contributed by atoms with E-state index in [9.17, 15) is 26.7 Å². The number of fused-ring (bicyclic) bond motifs is 2. The number of aryl methyl sites for hydroxylation is 1. The highest BCUT2D eigenvalue weighted by Crippen LogP contribution is 2.45. The molecule has 0 aromatic heterocycles. The van der Waals surface area contributed by atoms with Crippen molar-refractivity contribution in [3.63, 3.8) is 0 Å². The number of hydrogen-bond donors (Lipinski definition) is 1.